The lowest BCUT2D eigenvalue weighted by Crippen LogP contribution is -2.41. The predicted octanol–water partition coefficient (Wildman–Crippen LogP) is 2.03. The average molecular weight is 378 g/mol. The first-order valence-corrected chi connectivity index (χ1v) is 9.17. The van der Waals surface area contributed by atoms with E-state index < -0.39 is 24.5 Å². The number of benzene rings is 1. The number of carbonyl (C=O) groups is 3. The Labute approximate surface area is 158 Å². The normalized spacial score (nSPS) is 15.8. The summed E-state index contributed by atoms with van der Waals surface area (Å²) in [5.41, 5.74) is 0.291. The molecule has 8 heteroatoms. The molecular formula is C19H26N2O6. The maximum Gasteiger partial charge on any atom is 0.338 e. The Kier molecular flexibility index (Phi) is 8.57. The monoisotopic (exact) mass is 378 g/mol. The smallest absolute Gasteiger partial charge is 0.338 e. The first kappa shape index (κ1) is 20.7. The number of ether oxygens (including phenoxy) is 3. The summed E-state index contributed by atoms with van der Waals surface area (Å²) in [5.74, 6) is -0.709. The average Bonchev–Trinajstić information content (AvgIpc) is 3.18. The highest BCUT2D eigenvalue weighted by Gasteiger charge is 2.16. The van der Waals surface area contributed by atoms with E-state index >= 15 is 0 Å². The van der Waals surface area contributed by atoms with Gasteiger partial charge in [0.2, 0.25) is 0 Å². The molecule has 0 unspecified atom stereocenters. The van der Waals surface area contributed by atoms with Crippen molar-refractivity contribution in [1.29, 1.82) is 0 Å². The summed E-state index contributed by atoms with van der Waals surface area (Å²) in [6.45, 7) is 3.19. The summed E-state index contributed by atoms with van der Waals surface area (Å²) in [6.07, 6.45) is 3.91. The molecule has 1 aliphatic rings. The fourth-order valence-corrected chi connectivity index (χ4v) is 2.45. The number of esters is 1. The van der Waals surface area contributed by atoms with Crippen molar-refractivity contribution < 1.29 is 28.6 Å². The minimum Gasteiger partial charge on any atom is -0.491 e. The lowest BCUT2D eigenvalue weighted by atomic mass is 10.2. The van der Waals surface area contributed by atoms with Crippen molar-refractivity contribution in [3.63, 3.8) is 0 Å². The van der Waals surface area contributed by atoms with E-state index in [1.54, 1.807) is 24.3 Å². The molecule has 0 aromatic heterocycles. The molecule has 1 aromatic rings. The van der Waals surface area contributed by atoms with E-state index in [1.165, 1.54) is 0 Å². The highest BCUT2D eigenvalue weighted by molar-refractivity contribution is 5.97. The van der Waals surface area contributed by atoms with E-state index in [0.717, 1.165) is 32.3 Å². The van der Waals surface area contributed by atoms with Crippen LogP contribution < -0.4 is 15.4 Å². The lowest BCUT2D eigenvalue weighted by molar-refractivity contribution is -0.123. The number of unbranched alkanes of at least 4 members (excludes halogenated alkanes) is 1. The summed E-state index contributed by atoms with van der Waals surface area (Å²) in [5, 5.41) is 4.64. The number of nitrogens with one attached hydrogen (secondary N) is 2. The molecule has 0 bridgehead atoms. The van der Waals surface area contributed by atoms with Crippen LogP contribution >= 0.6 is 0 Å². The highest BCUT2D eigenvalue weighted by Crippen LogP contribution is 2.17. The zero-order chi connectivity index (χ0) is 19.5. The van der Waals surface area contributed by atoms with Crippen LogP contribution in [0.3, 0.4) is 0 Å². The van der Waals surface area contributed by atoms with Crippen molar-refractivity contribution in [1.82, 2.24) is 10.6 Å². The molecule has 1 fully saturated rings. The largest absolute Gasteiger partial charge is 0.491 e. The van der Waals surface area contributed by atoms with Crippen molar-refractivity contribution in [2.75, 3.05) is 26.4 Å². The van der Waals surface area contributed by atoms with Gasteiger partial charge in [0.15, 0.2) is 6.61 Å². The Balaban J connectivity index is 1.68. The molecule has 27 heavy (non-hydrogen) atoms. The van der Waals surface area contributed by atoms with Crippen LogP contribution in [-0.4, -0.2) is 50.4 Å². The first-order chi connectivity index (χ1) is 13.1. The topological polar surface area (TPSA) is 103 Å². The van der Waals surface area contributed by atoms with Crippen molar-refractivity contribution in [3.05, 3.63) is 29.8 Å². The van der Waals surface area contributed by atoms with Gasteiger partial charge in [-0.3, -0.25) is 10.1 Å². The first-order valence-electron chi connectivity index (χ1n) is 9.17. The summed E-state index contributed by atoms with van der Waals surface area (Å²) < 4.78 is 16.0. The van der Waals surface area contributed by atoms with Gasteiger partial charge in [0.25, 0.3) is 5.91 Å². The van der Waals surface area contributed by atoms with Gasteiger partial charge in [-0.25, -0.2) is 9.59 Å². The summed E-state index contributed by atoms with van der Waals surface area (Å²) in [6, 6.07) is 5.84. The van der Waals surface area contributed by atoms with Crippen LogP contribution in [0.15, 0.2) is 24.3 Å². The van der Waals surface area contributed by atoms with Gasteiger partial charge in [0.1, 0.15) is 12.4 Å². The van der Waals surface area contributed by atoms with E-state index in [9.17, 15) is 14.4 Å². The third-order valence-corrected chi connectivity index (χ3v) is 3.95. The minimum atomic E-state index is -0.686. The number of hydrogen-bond donors (Lipinski definition) is 2. The van der Waals surface area contributed by atoms with Gasteiger partial charge < -0.3 is 19.5 Å². The molecule has 0 saturated carbocycles. The number of urea groups is 1. The molecule has 0 aliphatic carbocycles. The van der Waals surface area contributed by atoms with Crippen LogP contribution in [0, 0.1) is 0 Å². The van der Waals surface area contributed by atoms with Crippen LogP contribution in [0.2, 0.25) is 0 Å². The minimum absolute atomic E-state index is 0.118. The molecule has 8 nitrogen and oxygen atoms in total. The van der Waals surface area contributed by atoms with Gasteiger partial charge in [-0.15, -0.1) is 0 Å². The van der Waals surface area contributed by atoms with Gasteiger partial charge in [-0.2, -0.15) is 0 Å². The molecule has 0 radical (unpaired) electrons. The van der Waals surface area contributed by atoms with Crippen molar-refractivity contribution in [2.24, 2.45) is 0 Å². The fourth-order valence-electron chi connectivity index (χ4n) is 2.45. The van der Waals surface area contributed by atoms with Crippen molar-refractivity contribution in [3.8, 4) is 5.75 Å². The predicted molar refractivity (Wildman–Crippen MR) is 97.6 cm³/mol. The van der Waals surface area contributed by atoms with Crippen LogP contribution in [0.25, 0.3) is 0 Å². The van der Waals surface area contributed by atoms with E-state index in [0.29, 0.717) is 24.5 Å². The van der Waals surface area contributed by atoms with Crippen LogP contribution in [0.5, 0.6) is 5.75 Å². The molecule has 148 valence electrons. The Morgan fingerprint density at radius 2 is 2.00 bits per heavy atom. The number of amides is 3. The van der Waals surface area contributed by atoms with E-state index in [4.69, 9.17) is 14.2 Å². The van der Waals surface area contributed by atoms with E-state index in [2.05, 4.69) is 10.6 Å². The van der Waals surface area contributed by atoms with Gasteiger partial charge in [0.05, 0.1) is 11.7 Å². The Morgan fingerprint density at radius 3 is 2.67 bits per heavy atom. The molecule has 3 amide bonds. The van der Waals surface area contributed by atoms with Crippen LogP contribution in [0.1, 0.15) is 43.0 Å². The van der Waals surface area contributed by atoms with Gasteiger partial charge in [0, 0.05) is 13.2 Å². The summed E-state index contributed by atoms with van der Waals surface area (Å²) >= 11 is 0. The second kappa shape index (κ2) is 11.2. The molecule has 1 heterocycles. The zero-order valence-electron chi connectivity index (χ0n) is 15.5. The molecule has 1 saturated heterocycles. The number of hydrogen-bond acceptors (Lipinski definition) is 6. The van der Waals surface area contributed by atoms with Crippen LogP contribution in [-0.2, 0) is 14.3 Å². The molecular weight excluding hydrogens is 352 g/mol. The molecule has 1 atom stereocenters. The molecule has 1 aromatic carbocycles. The second-order valence-corrected chi connectivity index (χ2v) is 6.20. The Morgan fingerprint density at radius 1 is 1.22 bits per heavy atom. The third kappa shape index (κ3) is 7.65. The Hall–Kier alpha value is -2.61. The summed E-state index contributed by atoms with van der Waals surface area (Å²) in [4.78, 5) is 35.0. The summed E-state index contributed by atoms with van der Waals surface area (Å²) in [7, 11) is 0. The van der Waals surface area contributed by atoms with Gasteiger partial charge in [-0.05, 0) is 43.5 Å². The molecule has 2 N–H and O–H groups in total. The van der Waals surface area contributed by atoms with Crippen molar-refractivity contribution in [2.45, 2.75) is 38.7 Å². The molecule has 2 rings (SSSR count). The quantitative estimate of drug-likeness (QED) is 0.503. The zero-order valence-corrected chi connectivity index (χ0v) is 15.5. The number of rotatable bonds is 9. The third-order valence-electron chi connectivity index (χ3n) is 3.95. The van der Waals surface area contributed by atoms with Gasteiger partial charge in [-0.1, -0.05) is 13.3 Å². The van der Waals surface area contributed by atoms with E-state index in [-0.39, 0.29) is 6.10 Å². The second-order valence-electron chi connectivity index (χ2n) is 6.20. The highest BCUT2D eigenvalue weighted by atomic mass is 16.5. The maximum absolute atomic E-state index is 12.0. The number of carbonyl (C=O) groups excluding carboxylic acids is 3. The SMILES string of the molecule is CCCCNC(=O)NC(=O)COC(=O)c1ccc(OC[C@H]2CCCO2)cc1. The Bertz CT molecular complexity index is 626. The van der Waals surface area contributed by atoms with E-state index in [1.807, 2.05) is 6.92 Å². The molecule has 0 spiro atoms. The van der Waals surface area contributed by atoms with Crippen molar-refractivity contribution >= 4 is 17.9 Å². The standard InChI is InChI=1S/C19H26N2O6/c1-2-3-10-20-19(24)21-17(22)13-27-18(23)14-6-8-15(9-7-14)26-12-16-5-4-11-25-16/h6-9,16H,2-5,10-13H2,1H3,(H2,20,21,22,24)/t16-/m1/s1. The van der Waals surface area contributed by atoms with Gasteiger partial charge >= 0.3 is 12.0 Å². The fraction of sp³-hybridized carbons (Fsp3) is 0.526. The number of imide groups is 1. The maximum atomic E-state index is 12.0. The molecule has 1 aliphatic heterocycles. The lowest BCUT2D eigenvalue weighted by Gasteiger charge is -2.11. The van der Waals surface area contributed by atoms with Crippen LogP contribution in [0.4, 0.5) is 4.79 Å².